The number of carbonyl (C=O) groups excluding carboxylic acids is 1. The molecule has 8 heteroatoms. The summed E-state index contributed by atoms with van der Waals surface area (Å²) >= 11 is 0. The quantitative estimate of drug-likeness (QED) is 0.383. The Morgan fingerprint density at radius 3 is 2.33 bits per heavy atom. The molecule has 3 unspecified atom stereocenters. The minimum atomic E-state index is -0.761. The SMILES string of the molecule is O=C(NC1CCOCC1)c1ccc(Oc2ccc(F)c3c2CCC3Oc2ccc(C3CC3C(=O)O)cc2)cc1. The molecule has 1 heterocycles. The predicted octanol–water partition coefficient (Wildman–Crippen LogP) is 5.78. The number of nitrogens with one attached hydrogen (secondary N) is 1. The number of hydrogen-bond donors (Lipinski definition) is 2. The Balaban J connectivity index is 1.11. The van der Waals surface area contributed by atoms with Gasteiger partial charge in [-0.15, -0.1) is 0 Å². The molecule has 0 bridgehead atoms. The molecular weight excluding hydrogens is 501 g/mol. The topological polar surface area (TPSA) is 94.1 Å². The van der Waals surface area contributed by atoms with Crippen molar-refractivity contribution in [2.24, 2.45) is 5.92 Å². The van der Waals surface area contributed by atoms with E-state index in [1.165, 1.54) is 6.07 Å². The zero-order chi connectivity index (χ0) is 26.9. The van der Waals surface area contributed by atoms with Gasteiger partial charge in [0.05, 0.1) is 5.92 Å². The maximum absolute atomic E-state index is 15.0. The number of rotatable bonds is 8. The van der Waals surface area contributed by atoms with E-state index in [2.05, 4.69) is 5.32 Å². The van der Waals surface area contributed by atoms with Crippen LogP contribution in [0.25, 0.3) is 0 Å². The summed E-state index contributed by atoms with van der Waals surface area (Å²) in [5.41, 5.74) is 2.81. The predicted molar refractivity (Wildman–Crippen MR) is 141 cm³/mol. The summed E-state index contributed by atoms with van der Waals surface area (Å²) in [4.78, 5) is 23.7. The molecule has 1 aliphatic heterocycles. The van der Waals surface area contributed by atoms with Crippen molar-refractivity contribution in [3.63, 3.8) is 0 Å². The summed E-state index contributed by atoms with van der Waals surface area (Å²) in [6, 6.07) is 17.5. The average molecular weight is 532 g/mol. The summed E-state index contributed by atoms with van der Waals surface area (Å²) < 4.78 is 32.6. The molecule has 1 saturated carbocycles. The number of aliphatic carboxylic acids is 1. The van der Waals surface area contributed by atoms with Crippen molar-refractivity contribution in [1.82, 2.24) is 5.32 Å². The Labute approximate surface area is 225 Å². The summed E-state index contributed by atoms with van der Waals surface area (Å²) in [5.74, 6) is 0.273. The lowest BCUT2D eigenvalue weighted by Gasteiger charge is -2.23. The third-order valence-corrected chi connectivity index (χ3v) is 7.83. The van der Waals surface area contributed by atoms with Crippen LogP contribution in [0.1, 0.15) is 64.8 Å². The first-order chi connectivity index (χ1) is 19.0. The van der Waals surface area contributed by atoms with Crippen molar-refractivity contribution < 1.29 is 33.3 Å². The second kappa shape index (κ2) is 10.7. The summed E-state index contributed by atoms with van der Waals surface area (Å²) in [5, 5.41) is 12.2. The van der Waals surface area contributed by atoms with Gasteiger partial charge in [-0.2, -0.15) is 0 Å². The third kappa shape index (κ3) is 5.47. The van der Waals surface area contributed by atoms with Gasteiger partial charge >= 0.3 is 5.97 Å². The lowest BCUT2D eigenvalue weighted by Crippen LogP contribution is -2.38. The van der Waals surface area contributed by atoms with Gasteiger partial charge in [-0.05, 0) is 92.1 Å². The molecule has 7 nitrogen and oxygen atoms in total. The second-order valence-electron chi connectivity index (χ2n) is 10.4. The summed E-state index contributed by atoms with van der Waals surface area (Å²) in [6.07, 6.45) is 3.06. The zero-order valence-corrected chi connectivity index (χ0v) is 21.4. The van der Waals surface area contributed by atoms with Crippen molar-refractivity contribution in [2.45, 2.75) is 50.2 Å². The van der Waals surface area contributed by atoms with Crippen LogP contribution in [0.3, 0.4) is 0 Å². The largest absolute Gasteiger partial charge is 0.486 e. The van der Waals surface area contributed by atoms with Gasteiger partial charge in [0.15, 0.2) is 0 Å². The van der Waals surface area contributed by atoms with Crippen LogP contribution < -0.4 is 14.8 Å². The molecule has 2 fully saturated rings. The highest BCUT2D eigenvalue weighted by Crippen LogP contribution is 2.48. The molecule has 202 valence electrons. The van der Waals surface area contributed by atoms with Gasteiger partial charge in [0, 0.05) is 35.9 Å². The molecule has 3 aromatic carbocycles. The Morgan fingerprint density at radius 1 is 0.923 bits per heavy atom. The van der Waals surface area contributed by atoms with Crippen LogP contribution in [0, 0.1) is 11.7 Å². The fourth-order valence-electron chi connectivity index (χ4n) is 5.56. The zero-order valence-electron chi connectivity index (χ0n) is 21.4. The first kappa shape index (κ1) is 25.4. The number of carboxylic acid groups (broad SMARTS) is 1. The number of ether oxygens (including phenoxy) is 3. The highest BCUT2D eigenvalue weighted by molar-refractivity contribution is 5.94. The van der Waals surface area contributed by atoms with E-state index in [1.807, 2.05) is 24.3 Å². The molecule has 3 aromatic rings. The maximum Gasteiger partial charge on any atom is 0.307 e. The van der Waals surface area contributed by atoms with Gasteiger partial charge in [-0.1, -0.05) is 12.1 Å². The van der Waals surface area contributed by atoms with E-state index in [4.69, 9.17) is 19.3 Å². The van der Waals surface area contributed by atoms with Gasteiger partial charge < -0.3 is 24.6 Å². The fraction of sp³-hybridized carbons (Fsp3) is 0.355. The first-order valence-electron chi connectivity index (χ1n) is 13.4. The van der Waals surface area contributed by atoms with Crippen LogP contribution >= 0.6 is 0 Å². The molecule has 0 aromatic heterocycles. The van der Waals surface area contributed by atoms with Crippen molar-refractivity contribution in [2.75, 3.05) is 13.2 Å². The Kier molecular flexibility index (Phi) is 6.95. The van der Waals surface area contributed by atoms with E-state index in [-0.39, 0.29) is 29.6 Å². The molecule has 0 spiro atoms. The molecule has 0 radical (unpaired) electrons. The van der Waals surface area contributed by atoms with Crippen molar-refractivity contribution in [3.05, 3.63) is 88.7 Å². The third-order valence-electron chi connectivity index (χ3n) is 7.83. The summed E-state index contributed by atoms with van der Waals surface area (Å²) in [6.45, 7) is 1.32. The van der Waals surface area contributed by atoms with E-state index in [9.17, 15) is 14.0 Å². The number of carbonyl (C=O) groups is 2. The monoisotopic (exact) mass is 531 g/mol. The van der Waals surface area contributed by atoms with Crippen LogP contribution in [0.2, 0.25) is 0 Å². The van der Waals surface area contributed by atoms with Crippen LogP contribution in [-0.4, -0.2) is 36.2 Å². The van der Waals surface area contributed by atoms with Crippen molar-refractivity contribution in [3.8, 4) is 17.2 Å². The first-order valence-corrected chi connectivity index (χ1v) is 13.4. The van der Waals surface area contributed by atoms with Gasteiger partial charge in [-0.25, -0.2) is 4.39 Å². The number of amides is 1. The molecule has 3 aliphatic rings. The van der Waals surface area contributed by atoms with Crippen LogP contribution in [0.5, 0.6) is 17.2 Å². The van der Waals surface area contributed by atoms with Gasteiger partial charge in [0.25, 0.3) is 5.91 Å². The minimum Gasteiger partial charge on any atom is -0.486 e. The van der Waals surface area contributed by atoms with E-state index >= 15 is 0 Å². The smallest absolute Gasteiger partial charge is 0.307 e. The highest BCUT2D eigenvalue weighted by Gasteiger charge is 2.44. The molecule has 6 rings (SSSR count). The standard InChI is InChI=1S/C31H30FNO6/c32-26-10-12-27(38-21-7-3-19(4-8-21)30(34)33-20-13-15-37-16-14-20)23-9-11-28(29(23)26)39-22-5-1-18(2-6-22)24-17-25(24)31(35)36/h1-8,10,12,20,24-25,28H,9,11,13-17H2,(H,33,34)(H,35,36). The number of benzene rings is 3. The minimum absolute atomic E-state index is 0.0522. The molecule has 3 atom stereocenters. The number of carboxylic acids is 1. The van der Waals surface area contributed by atoms with E-state index in [0.29, 0.717) is 60.9 Å². The molecule has 39 heavy (non-hydrogen) atoms. The Bertz CT molecular complexity index is 1370. The van der Waals surface area contributed by atoms with E-state index < -0.39 is 12.1 Å². The van der Waals surface area contributed by atoms with E-state index in [1.54, 1.807) is 30.3 Å². The number of halogens is 1. The van der Waals surface area contributed by atoms with Gasteiger partial charge in [-0.3, -0.25) is 9.59 Å². The lowest BCUT2D eigenvalue weighted by atomic mass is 10.1. The van der Waals surface area contributed by atoms with Crippen molar-refractivity contribution in [1.29, 1.82) is 0 Å². The number of fused-ring (bicyclic) bond motifs is 1. The Hall–Kier alpha value is -3.91. The molecular formula is C31H30FNO6. The average Bonchev–Trinajstić information content (AvgIpc) is 3.65. The Morgan fingerprint density at radius 2 is 1.64 bits per heavy atom. The van der Waals surface area contributed by atoms with Crippen LogP contribution in [0.4, 0.5) is 4.39 Å². The fourth-order valence-corrected chi connectivity index (χ4v) is 5.56. The van der Waals surface area contributed by atoms with Gasteiger partial charge in [0.2, 0.25) is 0 Å². The summed E-state index contributed by atoms with van der Waals surface area (Å²) in [7, 11) is 0. The number of hydrogen-bond acceptors (Lipinski definition) is 5. The van der Waals surface area contributed by atoms with Crippen LogP contribution in [0.15, 0.2) is 60.7 Å². The maximum atomic E-state index is 15.0. The van der Waals surface area contributed by atoms with Crippen LogP contribution in [-0.2, 0) is 16.0 Å². The van der Waals surface area contributed by atoms with Crippen molar-refractivity contribution >= 4 is 11.9 Å². The second-order valence-corrected chi connectivity index (χ2v) is 10.4. The normalized spacial score (nSPS) is 22.1. The molecule has 1 saturated heterocycles. The lowest BCUT2D eigenvalue weighted by molar-refractivity contribution is -0.138. The molecule has 2 aliphatic carbocycles. The molecule has 1 amide bonds. The molecule has 2 N–H and O–H groups in total. The van der Waals surface area contributed by atoms with Gasteiger partial charge in [0.1, 0.15) is 29.2 Å². The highest BCUT2D eigenvalue weighted by atomic mass is 19.1. The van der Waals surface area contributed by atoms with E-state index in [0.717, 1.165) is 24.0 Å².